The minimum Gasteiger partial charge on any atom is -0.288 e. The number of aromatic nitrogens is 2. The molecule has 2 aromatic heterocycles. The number of hydrogen-bond acceptors (Lipinski definition) is 4. The summed E-state index contributed by atoms with van der Waals surface area (Å²) in [6.45, 7) is 0.192. The van der Waals surface area contributed by atoms with E-state index in [-0.39, 0.29) is 12.2 Å². The van der Waals surface area contributed by atoms with Crippen molar-refractivity contribution < 1.29 is 4.39 Å². The Labute approximate surface area is 156 Å². The van der Waals surface area contributed by atoms with Crippen LogP contribution in [0.5, 0.6) is 0 Å². The van der Waals surface area contributed by atoms with E-state index in [4.69, 9.17) is 5.26 Å². The zero-order valence-electron chi connectivity index (χ0n) is 13.9. The molecule has 0 spiro atoms. The molecule has 0 N–H and O–H groups in total. The first kappa shape index (κ1) is 16.9. The lowest BCUT2D eigenvalue weighted by Crippen LogP contribution is -2.38. The maximum absolute atomic E-state index is 13.6. The molecule has 0 fully saturated rings. The van der Waals surface area contributed by atoms with Crippen molar-refractivity contribution in [3.63, 3.8) is 0 Å². The van der Waals surface area contributed by atoms with Crippen molar-refractivity contribution in [1.29, 1.82) is 5.26 Å². The van der Waals surface area contributed by atoms with Gasteiger partial charge in [0, 0.05) is 0 Å². The van der Waals surface area contributed by atoms with Gasteiger partial charge in [0.1, 0.15) is 10.5 Å². The average molecular weight is 377 g/mol. The molecule has 27 heavy (non-hydrogen) atoms. The number of rotatable bonds is 3. The molecule has 2 aromatic carbocycles. The van der Waals surface area contributed by atoms with Crippen LogP contribution >= 0.6 is 11.3 Å². The normalized spacial score (nSPS) is 10.8. The van der Waals surface area contributed by atoms with Crippen LogP contribution in [0.4, 0.5) is 4.39 Å². The van der Waals surface area contributed by atoms with Crippen molar-refractivity contribution in [1.82, 2.24) is 9.13 Å². The predicted octanol–water partition coefficient (Wildman–Crippen LogP) is 3.27. The lowest BCUT2D eigenvalue weighted by atomic mass is 10.1. The lowest BCUT2D eigenvalue weighted by Gasteiger charge is -2.12. The smallest absolute Gasteiger partial charge is 0.288 e. The largest absolute Gasteiger partial charge is 0.336 e. The van der Waals surface area contributed by atoms with Gasteiger partial charge in [-0.3, -0.25) is 9.36 Å². The van der Waals surface area contributed by atoms with Crippen LogP contribution in [-0.2, 0) is 6.54 Å². The van der Waals surface area contributed by atoms with Gasteiger partial charge in [0.2, 0.25) is 0 Å². The van der Waals surface area contributed by atoms with Gasteiger partial charge in [-0.05, 0) is 47.3 Å². The Morgan fingerprint density at radius 2 is 1.89 bits per heavy atom. The van der Waals surface area contributed by atoms with Gasteiger partial charge in [-0.25, -0.2) is 13.8 Å². The highest BCUT2D eigenvalue weighted by molar-refractivity contribution is 7.17. The van der Waals surface area contributed by atoms with E-state index < -0.39 is 17.1 Å². The molecule has 0 saturated heterocycles. The summed E-state index contributed by atoms with van der Waals surface area (Å²) in [4.78, 5) is 25.9. The van der Waals surface area contributed by atoms with Crippen molar-refractivity contribution in [3.05, 3.63) is 97.8 Å². The first-order valence-electron chi connectivity index (χ1n) is 8.06. The maximum Gasteiger partial charge on any atom is 0.336 e. The average Bonchev–Trinajstić information content (AvgIpc) is 3.16. The molecule has 4 aromatic rings. The zero-order valence-corrected chi connectivity index (χ0v) is 14.7. The third-order valence-corrected chi connectivity index (χ3v) is 5.11. The molecule has 132 valence electrons. The monoisotopic (exact) mass is 377 g/mol. The molecule has 5 nitrogen and oxygen atoms in total. The van der Waals surface area contributed by atoms with Crippen molar-refractivity contribution in [3.8, 4) is 11.8 Å². The van der Waals surface area contributed by atoms with Gasteiger partial charge < -0.3 is 0 Å². The highest BCUT2D eigenvalue weighted by Gasteiger charge is 2.16. The van der Waals surface area contributed by atoms with Crippen molar-refractivity contribution >= 4 is 21.6 Å². The van der Waals surface area contributed by atoms with E-state index in [1.807, 2.05) is 6.07 Å². The summed E-state index contributed by atoms with van der Waals surface area (Å²) in [5.74, 6) is -0.529. The Hall–Kier alpha value is -3.50. The number of fused-ring (bicyclic) bond motifs is 1. The summed E-state index contributed by atoms with van der Waals surface area (Å²) in [5, 5.41) is 10.8. The Morgan fingerprint density at radius 1 is 1.07 bits per heavy atom. The molecular weight excluding hydrogens is 365 g/mol. The van der Waals surface area contributed by atoms with E-state index in [1.165, 1.54) is 34.1 Å². The summed E-state index contributed by atoms with van der Waals surface area (Å²) < 4.78 is 16.5. The van der Waals surface area contributed by atoms with Crippen molar-refractivity contribution in [2.45, 2.75) is 6.54 Å². The van der Waals surface area contributed by atoms with Crippen LogP contribution in [0.15, 0.2) is 69.6 Å². The van der Waals surface area contributed by atoms with E-state index in [0.717, 1.165) is 16.2 Å². The second-order valence-corrected chi connectivity index (χ2v) is 6.85. The van der Waals surface area contributed by atoms with Crippen LogP contribution in [0.1, 0.15) is 11.1 Å². The standard InChI is InChI=1S/C20H12FN3O2S/c21-15-5-2-6-16(10-15)24-19(25)18-17(7-8-27-18)23(20(24)26)12-14-4-1-3-13(9-14)11-22/h1-10H,12H2. The quantitative estimate of drug-likeness (QED) is 0.550. The number of hydrogen-bond donors (Lipinski definition) is 0. The molecule has 0 saturated carbocycles. The first-order chi connectivity index (χ1) is 13.1. The summed E-state index contributed by atoms with van der Waals surface area (Å²) in [7, 11) is 0. The Balaban J connectivity index is 1.98. The van der Waals surface area contributed by atoms with Gasteiger partial charge in [0.05, 0.1) is 29.4 Å². The van der Waals surface area contributed by atoms with Gasteiger partial charge in [0.15, 0.2) is 0 Å². The van der Waals surface area contributed by atoms with E-state index in [1.54, 1.807) is 29.6 Å². The maximum atomic E-state index is 13.6. The lowest BCUT2D eigenvalue weighted by molar-refractivity contribution is 0.624. The van der Waals surface area contributed by atoms with Gasteiger partial charge in [-0.15, -0.1) is 11.3 Å². The fraction of sp³-hybridized carbons (Fsp3) is 0.0500. The Morgan fingerprint density at radius 3 is 2.67 bits per heavy atom. The summed E-state index contributed by atoms with van der Waals surface area (Å²) in [6.07, 6.45) is 0. The first-order valence-corrected chi connectivity index (χ1v) is 8.94. The van der Waals surface area contributed by atoms with Gasteiger partial charge in [0.25, 0.3) is 5.56 Å². The molecule has 4 rings (SSSR count). The van der Waals surface area contributed by atoms with Gasteiger partial charge >= 0.3 is 5.69 Å². The topological polar surface area (TPSA) is 67.8 Å². The molecule has 0 aliphatic heterocycles. The summed E-state index contributed by atoms with van der Waals surface area (Å²) >= 11 is 1.23. The fourth-order valence-electron chi connectivity index (χ4n) is 3.00. The second kappa shape index (κ2) is 6.67. The summed E-state index contributed by atoms with van der Waals surface area (Å²) in [6, 6.07) is 16.1. The van der Waals surface area contributed by atoms with E-state index in [0.29, 0.717) is 15.8 Å². The third-order valence-electron chi connectivity index (χ3n) is 4.22. The van der Waals surface area contributed by atoms with Gasteiger partial charge in [-0.1, -0.05) is 18.2 Å². The number of nitrogens with zero attached hydrogens (tertiary/aromatic N) is 3. The van der Waals surface area contributed by atoms with Crippen LogP contribution in [0.2, 0.25) is 0 Å². The molecule has 0 atom stereocenters. The molecule has 2 heterocycles. The molecule has 0 aliphatic rings. The Bertz CT molecular complexity index is 1330. The van der Waals surface area contributed by atoms with Crippen molar-refractivity contribution in [2.24, 2.45) is 0 Å². The zero-order chi connectivity index (χ0) is 19.0. The molecular formula is C20H12FN3O2S. The molecule has 7 heteroatoms. The van der Waals surface area contributed by atoms with Crippen LogP contribution in [-0.4, -0.2) is 9.13 Å². The predicted molar refractivity (Wildman–Crippen MR) is 102 cm³/mol. The van der Waals surface area contributed by atoms with E-state index in [2.05, 4.69) is 6.07 Å². The van der Waals surface area contributed by atoms with Crippen LogP contribution in [0, 0.1) is 17.1 Å². The van der Waals surface area contributed by atoms with Crippen LogP contribution < -0.4 is 11.2 Å². The number of halogens is 1. The van der Waals surface area contributed by atoms with Crippen LogP contribution in [0.25, 0.3) is 15.9 Å². The van der Waals surface area contributed by atoms with Crippen LogP contribution in [0.3, 0.4) is 0 Å². The summed E-state index contributed by atoms with van der Waals surface area (Å²) in [5.41, 5.74) is 0.912. The SMILES string of the molecule is N#Cc1cccc(Cn2c(=O)n(-c3cccc(F)c3)c(=O)c3sccc32)c1. The van der Waals surface area contributed by atoms with E-state index >= 15 is 0 Å². The molecule has 0 unspecified atom stereocenters. The highest BCUT2D eigenvalue weighted by Crippen LogP contribution is 2.18. The molecule has 0 bridgehead atoms. The second-order valence-electron chi connectivity index (χ2n) is 5.94. The van der Waals surface area contributed by atoms with E-state index in [9.17, 15) is 14.0 Å². The Kier molecular flexibility index (Phi) is 4.18. The minimum atomic E-state index is -0.557. The molecule has 0 aliphatic carbocycles. The third kappa shape index (κ3) is 2.96. The molecule has 0 amide bonds. The molecule has 0 radical (unpaired) electrons. The number of thiophene rings is 1. The van der Waals surface area contributed by atoms with Crippen molar-refractivity contribution in [2.75, 3.05) is 0 Å². The fourth-order valence-corrected chi connectivity index (χ4v) is 3.83. The number of benzene rings is 2. The highest BCUT2D eigenvalue weighted by atomic mass is 32.1. The van der Waals surface area contributed by atoms with Gasteiger partial charge in [-0.2, -0.15) is 5.26 Å². The number of nitriles is 1. The minimum absolute atomic E-state index is 0.180.